The molecule has 0 amide bonds. The van der Waals surface area contributed by atoms with Crippen molar-refractivity contribution in [2.24, 2.45) is 0 Å². The van der Waals surface area contributed by atoms with Crippen molar-refractivity contribution in [3.8, 4) is 0 Å². The maximum absolute atomic E-state index is 2.46. The van der Waals surface area contributed by atoms with Crippen LogP contribution in [0.5, 0.6) is 0 Å². The van der Waals surface area contributed by atoms with Gasteiger partial charge in [-0.1, -0.05) is 350 Å². The van der Waals surface area contributed by atoms with Crippen molar-refractivity contribution >= 4 is 64.0 Å². The zero-order chi connectivity index (χ0) is 69.9. The zero-order valence-corrected chi connectivity index (χ0v) is 60.9. The van der Waals surface area contributed by atoms with Gasteiger partial charge in [-0.3, -0.25) is 0 Å². The maximum Gasteiger partial charge on any atom is 0.0520 e. The predicted octanol–water partition coefficient (Wildman–Crippen LogP) is 28.0. The van der Waals surface area contributed by atoms with E-state index in [9.17, 15) is 0 Å². The summed E-state index contributed by atoms with van der Waals surface area (Å²) >= 11 is 0. The smallest absolute Gasteiger partial charge is 0.0520 e. The van der Waals surface area contributed by atoms with E-state index in [0.717, 1.165) is 54.0 Å². The third-order valence-corrected chi connectivity index (χ3v) is 20.2. The Balaban J connectivity index is 0.803. The van der Waals surface area contributed by atoms with Gasteiger partial charge in [0.25, 0.3) is 0 Å². The molecule has 2 nitrogen and oxygen atoms in total. The summed E-state index contributed by atoms with van der Waals surface area (Å²) in [6.07, 6.45) is 31.1. The lowest BCUT2D eigenvalue weighted by molar-refractivity contribution is 0.499. The van der Waals surface area contributed by atoms with Crippen molar-refractivity contribution in [3.05, 3.63) is 386 Å². The number of nitrogens with zero attached hydrogens (tertiary/aromatic N) is 2. The van der Waals surface area contributed by atoms with Crippen LogP contribution in [0.15, 0.2) is 297 Å². The molecule has 0 fully saturated rings. The molecule has 0 radical (unpaired) electrons. The first kappa shape index (κ1) is 71.0. The molecule has 0 aromatic heterocycles. The Morgan fingerprint density at radius 2 is 0.690 bits per heavy atom. The van der Waals surface area contributed by atoms with E-state index in [1.54, 1.807) is 0 Å². The SMILES string of the molecule is CCCCCC(C)(C=CC=C(c1ccccc1)c1ccccc1)c1ccc(N(c2ccc(C=Cc3ccc(C=CC(C)(CCCCC)c4ccc(N(c5ccc(C=CCC(c6ccccc6)c6ccccc6)cc5)c5c(C)cc(C)cc5C)cc4)cc3)cc2)c2c(C)cc(C)cc2C)cc1. The van der Waals surface area contributed by atoms with Gasteiger partial charge >= 0.3 is 0 Å². The van der Waals surface area contributed by atoms with Crippen LogP contribution in [-0.4, -0.2) is 0 Å². The summed E-state index contributed by atoms with van der Waals surface area (Å²) in [4.78, 5) is 4.91. The average molecular weight is 1310 g/mol. The van der Waals surface area contributed by atoms with E-state index < -0.39 is 0 Å². The third kappa shape index (κ3) is 17.9. The highest BCUT2D eigenvalue weighted by Crippen LogP contribution is 2.44. The Bertz CT molecular complexity index is 4430. The number of hydrogen-bond acceptors (Lipinski definition) is 2. The highest BCUT2D eigenvalue weighted by Gasteiger charge is 2.27. The van der Waals surface area contributed by atoms with E-state index in [4.69, 9.17) is 0 Å². The molecule has 0 N–H and O–H groups in total. The van der Waals surface area contributed by atoms with Crippen molar-refractivity contribution in [1.82, 2.24) is 0 Å². The van der Waals surface area contributed by atoms with Gasteiger partial charge < -0.3 is 9.80 Å². The van der Waals surface area contributed by atoms with E-state index in [-0.39, 0.29) is 10.8 Å². The minimum atomic E-state index is -0.162. The van der Waals surface area contributed by atoms with Gasteiger partial charge in [-0.05, 0) is 193 Å². The standard InChI is InChI=1S/C98H102N2/c1-11-13-27-65-97(9,67-30-41-94(85-36-23-17-24-37-85)86-38-25-18-26-39-86)87-52-60-91(61-53-87)100(96-77(7)71-74(4)72-78(96)8)90-58-50-81(51-59-90)43-42-80-44-46-82(47-45-80)64-68-98(10,66-28-14-12-2)88-54-62-92(63-55-88)99(95-75(5)69-73(3)70-76(95)6)89-56-48-79(49-57-89)31-29-40-93(83-32-19-15-20-33-83)84-34-21-16-22-35-84/h15-26,29-39,41-64,67-72,93H,11-14,27-28,40,65-66H2,1-10H3. The Labute approximate surface area is 600 Å². The molecule has 11 rings (SSSR count). The lowest BCUT2D eigenvalue weighted by atomic mass is 9.77. The summed E-state index contributed by atoms with van der Waals surface area (Å²) in [5.74, 6) is 0.295. The van der Waals surface area contributed by atoms with Gasteiger partial charge in [0.2, 0.25) is 0 Å². The van der Waals surface area contributed by atoms with Crippen LogP contribution >= 0.6 is 0 Å². The minimum absolute atomic E-state index is 0.156. The van der Waals surface area contributed by atoms with Gasteiger partial charge in [0.1, 0.15) is 0 Å². The van der Waals surface area contributed by atoms with Gasteiger partial charge in [-0.25, -0.2) is 0 Å². The van der Waals surface area contributed by atoms with Crippen LogP contribution in [-0.2, 0) is 10.8 Å². The monoisotopic (exact) mass is 1310 g/mol. The molecule has 0 spiro atoms. The molecular weight excluding hydrogens is 1210 g/mol. The number of unbranched alkanes of at least 4 members (excludes halogenated alkanes) is 4. The highest BCUT2D eigenvalue weighted by atomic mass is 15.2. The Morgan fingerprint density at radius 1 is 0.360 bits per heavy atom. The van der Waals surface area contributed by atoms with E-state index >= 15 is 0 Å². The van der Waals surface area contributed by atoms with Crippen molar-refractivity contribution < 1.29 is 0 Å². The molecular formula is C98H102N2. The van der Waals surface area contributed by atoms with Crippen LogP contribution in [0.25, 0.3) is 29.9 Å². The van der Waals surface area contributed by atoms with Gasteiger partial charge in [-0.15, -0.1) is 0 Å². The second-order valence-corrected chi connectivity index (χ2v) is 28.2. The van der Waals surface area contributed by atoms with Gasteiger partial charge in [0, 0.05) is 39.5 Å². The molecule has 2 atom stereocenters. The van der Waals surface area contributed by atoms with Crippen LogP contribution in [0, 0.1) is 41.5 Å². The quantitative estimate of drug-likeness (QED) is 0.0262. The first-order valence-corrected chi connectivity index (χ1v) is 36.6. The van der Waals surface area contributed by atoms with E-state index in [1.165, 1.54) is 133 Å². The van der Waals surface area contributed by atoms with Crippen molar-refractivity contribution in [2.45, 2.75) is 144 Å². The molecule has 0 aliphatic heterocycles. The number of benzene rings is 11. The molecule has 0 aliphatic carbocycles. The highest BCUT2D eigenvalue weighted by molar-refractivity contribution is 5.84. The molecule has 0 bridgehead atoms. The first-order chi connectivity index (χ1) is 48.7. The normalized spacial score (nSPS) is 12.9. The number of aryl methyl sites for hydroxylation is 6. The Kier molecular flexibility index (Phi) is 24.1. The van der Waals surface area contributed by atoms with Crippen molar-refractivity contribution in [1.29, 1.82) is 0 Å². The molecule has 0 saturated carbocycles. The van der Waals surface area contributed by atoms with Gasteiger partial charge in [0.05, 0.1) is 11.4 Å². The van der Waals surface area contributed by atoms with Crippen LogP contribution in [0.1, 0.15) is 180 Å². The molecule has 2 heteroatoms. The third-order valence-electron chi connectivity index (χ3n) is 20.2. The first-order valence-electron chi connectivity index (χ1n) is 36.6. The molecule has 11 aromatic carbocycles. The fourth-order valence-electron chi connectivity index (χ4n) is 14.8. The molecule has 0 heterocycles. The average Bonchev–Trinajstić information content (AvgIpc) is 0.782. The van der Waals surface area contributed by atoms with Gasteiger partial charge in [-0.2, -0.15) is 0 Å². The molecule has 100 heavy (non-hydrogen) atoms. The van der Waals surface area contributed by atoms with E-state index in [0.29, 0.717) is 5.92 Å². The number of rotatable bonds is 29. The van der Waals surface area contributed by atoms with Crippen molar-refractivity contribution in [3.63, 3.8) is 0 Å². The fourth-order valence-corrected chi connectivity index (χ4v) is 14.8. The largest absolute Gasteiger partial charge is 0.310 e. The lowest BCUT2D eigenvalue weighted by Gasteiger charge is -2.31. The molecule has 0 saturated heterocycles. The van der Waals surface area contributed by atoms with Crippen LogP contribution in [0.2, 0.25) is 0 Å². The summed E-state index contributed by atoms with van der Waals surface area (Å²) in [6, 6.07) is 98.6. The second kappa shape index (κ2) is 34.0. The lowest BCUT2D eigenvalue weighted by Crippen LogP contribution is -2.19. The van der Waals surface area contributed by atoms with Gasteiger partial charge in [0.15, 0.2) is 0 Å². The summed E-state index contributed by atoms with van der Waals surface area (Å²) in [5.41, 5.74) is 28.0. The Morgan fingerprint density at radius 3 is 1.07 bits per heavy atom. The summed E-state index contributed by atoms with van der Waals surface area (Å²) < 4.78 is 0. The molecule has 2 unspecified atom stereocenters. The zero-order valence-electron chi connectivity index (χ0n) is 60.9. The minimum Gasteiger partial charge on any atom is -0.310 e. The summed E-state index contributed by atoms with van der Waals surface area (Å²) in [7, 11) is 0. The van der Waals surface area contributed by atoms with Crippen LogP contribution < -0.4 is 9.80 Å². The predicted molar refractivity (Wildman–Crippen MR) is 436 cm³/mol. The molecule has 0 aliphatic rings. The molecule has 504 valence electrons. The fraction of sp³-hybridized carbons (Fsp3) is 0.224. The maximum atomic E-state index is 2.46. The summed E-state index contributed by atoms with van der Waals surface area (Å²) in [6.45, 7) is 22.8. The topological polar surface area (TPSA) is 6.48 Å². The van der Waals surface area contributed by atoms with Crippen LogP contribution in [0.3, 0.4) is 0 Å². The number of hydrogen-bond donors (Lipinski definition) is 0. The Hall–Kier alpha value is -10.3. The van der Waals surface area contributed by atoms with Crippen molar-refractivity contribution in [2.75, 3.05) is 9.80 Å². The molecule has 11 aromatic rings. The van der Waals surface area contributed by atoms with E-state index in [1.807, 2.05) is 0 Å². The van der Waals surface area contributed by atoms with Crippen LogP contribution in [0.4, 0.5) is 34.1 Å². The summed E-state index contributed by atoms with van der Waals surface area (Å²) in [5, 5.41) is 0. The number of allylic oxidation sites excluding steroid dienone is 5. The van der Waals surface area contributed by atoms with E-state index in [2.05, 4.69) is 401 Å². The second-order valence-electron chi connectivity index (χ2n) is 28.2. The number of anilines is 6.